The third kappa shape index (κ3) is 3.53. The number of nitrogens with one attached hydrogen (secondary N) is 1. The van der Waals surface area contributed by atoms with E-state index in [0.717, 1.165) is 26.5 Å². The molecule has 0 saturated heterocycles. The minimum Gasteiger partial charge on any atom is -0.383 e. The quantitative estimate of drug-likeness (QED) is 0.733. The number of hydrogen-bond donors (Lipinski definition) is 1. The van der Waals surface area contributed by atoms with E-state index in [-0.39, 0.29) is 11.6 Å². The highest BCUT2D eigenvalue weighted by Gasteiger charge is 2.26. The van der Waals surface area contributed by atoms with Gasteiger partial charge in [0, 0.05) is 24.2 Å². The minimum atomic E-state index is -0.127. The lowest BCUT2D eigenvalue weighted by atomic mass is 10.1. The number of amides is 2. The average Bonchev–Trinajstić information content (AvgIpc) is 3.07. The maximum Gasteiger partial charge on any atom is 0.322 e. The van der Waals surface area contributed by atoms with Gasteiger partial charge in [-0.15, -0.1) is 11.3 Å². The Morgan fingerprint density at radius 2 is 2.11 bits per heavy atom. The zero-order chi connectivity index (χ0) is 19.7. The fourth-order valence-electron chi connectivity index (χ4n) is 3.38. The van der Waals surface area contributed by atoms with Crippen LogP contribution >= 0.6 is 11.3 Å². The van der Waals surface area contributed by atoms with Gasteiger partial charge in [-0.05, 0) is 31.0 Å². The van der Waals surface area contributed by atoms with Crippen LogP contribution in [0.2, 0.25) is 0 Å². The molecule has 3 aromatic rings. The Morgan fingerprint density at radius 1 is 1.32 bits per heavy atom. The Hall–Kier alpha value is -2.71. The molecular weight excluding hydrogens is 376 g/mol. The van der Waals surface area contributed by atoms with Crippen LogP contribution in [0.5, 0.6) is 0 Å². The number of thiophene rings is 1. The molecule has 1 aliphatic heterocycles. The second kappa shape index (κ2) is 7.73. The number of hydrogen-bond acceptors (Lipinski definition) is 5. The highest BCUT2D eigenvalue weighted by Crippen LogP contribution is 2.32. The van der Waals surface area contributed by atoms with Crippen molar-refractivity contribution in [2.75, 3.05) is 25.6 Å². The molecule has 0 atom stereocenters. The van der Waals surface area contributed by atoms with Gasteiger partial charge < -0.3 is 15.0 Å². The number of carbonyl (C=O) groups excluding carboxylic acids is 1. The summed E-state index contributed by atoms with van der Waals surface area (Å²) in [6.07, 6.45) is 2.23. The molecule has 0 unspecified atom stereocenters. The third-order valence-electron chi connectivity index (χ3n) is 4.95. The smallest absolute Gasteiger partial charge is 0.322 e. The summed E-state index contributed by atoms with van der Waals surface area (Å²) in [4.78, 5) is 33.5. The van der Waals surface area contributed by atoms with Gasteiger partial charge in [0.25, 0.3) is 5.56 Å². The zero-order valence-electron chi connectivity index (χ0n) is 15.9. The summed E-state index contributed by atoms with van der Waals surface area (Å²) in [5, 5.41) is 3.64. The first-order chi connectivity index (χ1) is 13.6. The lowest BCUT2D eigenvalue weighted by Crippen LogP contribution is -2.38. The molecule has 2 aromatic heterocycles. The molecule has 0 spiro atoms. The molecule has 0 fully saturated rings. The Morgan fingerprint density at radius 3 is 2.86 bits per heavy atom. The van der Waals surface area contributed by atoms with Crippen molar-refractivity contribution in [3.63, 3.8) is 0 Å². The number of anilines is 1. The summed E-state index contributed by atoms with van der Waals surface area (Å²) in [5.74, 6) is 0. The van der Waals surface area contributed by atoms with Crippen LogP contribution in [0, 0.1) is 6.92 Å². The van der Waals surface area contributed by atoms with Gasteiger partial charge >= 0.3 is 6.03 Å². The van der Waals surface area contributed by atoms with Crippen molar-refractivity contribution >= 4 is 33.3 Å². The van der Waals surface area contributed by atoms with E-state index in [1.54, 1.807) is 22.9 Å². The fourth-order valence-corrected chi connectivity index (χ4v) is 4.57. The molecule has 1 aliphatic rings. The van der Waals surface area contributed by atoms with Crippen LogP contribution in [-0.2, 0) is 24.2 Å². The number of rotatable bonds is 4. The van der Waals surface area contributed by atoms with Crippen LogP contribution in [0.25, 0.3) is 10.2 Å². The number of urea groups is 1. The van der Waals surface area contributed by atoms with Crippen LogP contribution in [0.1, 0.15) is 16.0 Å². The lowest BCUT2D eigenvalue weighted by molar-refractivity contribution is 0.186. The monoisotopic (exact) mass is 398 g/mol. The topological polar surface area (TPSA) is 76.5 Å². The van der Waals surface area contributed by atoms with Gasteiger partial charge in [0.1, 0.15) is 4.83 Å². The summed E-state index contributed by atoms with van der Waals surface area (Å²) >= 11 is 1.50. The summed E-state index contributed by atoms with van der Waals surface area (Å²) in [6.45, 7) is 4.02. The van der Waals surface area contributed by atoms with Crippen LogP contribution in [0.4, 0.5) is 10.5 Å². The molecule has 0 aliphatic carbocycles. The molecule has 8 heteroatoms. The Balaban J connectivity index is 1.56. The molecule has 0 radical (unpaired) electrons. The summed E-state index contributed by atoms with van der Waals surface area (Å²) < 4.78 is 6.66. The predicted octanol–water partition coefficient (Wildman–Crippen LogP) is 3.00. The second-order valence-electron chi connectivity index (χ2n) is 6.89. The number of benzene rings is 1. The number of aromatic nitrogens is 2. The zero-order valence-corrected chi connectivity index (χ0v) is 16.7. The van der Waals surface area contributed by atoms with E-state index in [1.165, 1.54) is 11.3 Å². The Bertz CT molecular complexity index is 1070. The molecule has 1 aromatic carbocycles. The van der Waals surface area contributed by atoms with E-state index < -0.39 is 0 Å². The molecule has 2 amide bonds. The lowest BCUT2D eigenvalue weighted by Gasteiger charge is -2.27. The van der Waals surface area contributed by atoms with Gasteiger partial charge in [0.2, 0.25) is 0 Å². The van der Waals surface area contributed by atoms with E-state index in [0.29, 0.717) is 38.0 Å². The SMILES string of the molecule is COCCn1cnc2sc3c(c2c1=O)CCN(C(=O)Nc1ccc(C)cc1)C3. The van der Waals surface area contributed by atoms with Crippen molar-refractivity contribution in [2.24, 2.45) is 0 Å². The van der Waals surface area contributed by atoms with Gasteiger partial charge in [0.15, 0.2) is 0 Å². The first kappa shape index (κ1) is 18.6. The number of ether oxygens (including phenoxy) is 1. The number of fused-ring (bicyclic) bond motifs is 3. The predicted molar refractivity (Wildman–Crippen MR) is 110 cm³/mol. The van der Waals surface area contributed by atoms with E-state index >= 15 is 0 Å². The first-order valence-corrected chi connectivity index (χ1v) is 9.99. The van der Waals surface area contributed by atoms with Crippen molar-refractivity contribution in [1.29, 1.82) is 0 Å². The maximum atomic E-state index is 12.8. The van der Waals surface area contributed by atoms with E-state index in [4.69, 9.17) is 4.74 Å². The molecule has 3 heterocycles. The Labute approximate surface area is 166 Å². The van der Waals surface area contributed by atoms with E-state index in [9.17, 15) is 9.59 Å². The van der Waals surface area contributed by atoms with Crippen molar-refractivity contribution in [2.45, 2.75) is 26.4 Å². The molecule has 28 heavy (non-hydrogen) atoms. The van der Waals surface area contributed by atoms with Crippen molar-refractivity contribution < 1.29 is 9.53 Å². The van der Waals surface area contributed by atoms with Gasteiger partial charge in [-0.1, -0.05) is 17.7 Å². The Kier molecular flexibility index (Phi) is 5.15. The summed E-state index contributed by atoms with van der Waals surface area (Å²) in [7, 11) is 1.61. The fraction of sp³-hybridized carbons (Fsp3) is 0.350. The first-order valence-electron chi connectivity index (χ1n) is 9.18. The van der Waals surface area contributed by atoms with Gasteiger partial charge in [-0.2, -0.15) is 0 Å². The van der Waals surface area contributed by atoms with Gasteiger partial charge in [-0.3, -0.25) is 9.36 Å². The molecule has 0 saturated carbocycles. The standard InChI is InChI=1S/C20H22N4O3S/c1-13-3-5-14(6-4-13)22-20(26)23-8-7-15-16(11-23)28-18-17(15)19(25)24(12-21-18)9-10-27-2/h3-6,12H,7-11H2,1-2H3,(H,22,26). The van der Waals surface area contributed by atoms with Crippen LogP contribution < -0.4 is 10.9 Å². The van der Waals surface area contributed by atoms with Gasteiger partial charge in [-0.25, -0.2) is 9.78 Å². The molecule has 0 bridgehead atoms. The summed E-state index contributed by atoms with van der Waals surface area (Å²) in [5.41, 5.74) is 2.93. The highest BCUT2D eigenvalue weighted by atomic mass is 32.1. The molecule has 146 valence electrons. The maximum absolute atomic E-state index is 12.8. The number of methoxy groups -OCH3 is 1. The normalized spacial score (nSPS) is 13.6. The molecule has 1 N–H and O–H groups in total. The van der Waals surface area contributed by atoms with Crippen LogP contribution in [0.15, 0.2) is 35.4 Å². The van der Waals surface area contributed by atoms with Crippen LogP contribution in [-0.4, -0.2) is 40.7 Å². The van der Waals surface area contributed by atoms with Crippen molar-refractivity contribution in [3.8, 4) is 0 Å². The second-order valence-corrected chi connectivity index (χ2v) is 7.97. The molecule has 7 nitrogen and oxygen atoms in total. The van der Waals surface area contributed by atoms with E-state index in [2.05, 4.69) is 10.3 Å². The average molecular weight is 398 g/mol. The highest BCUT2D eigenvalue weighted by molar-refractivity contribution is 7.18. The summed E-state index contributed by atoms with van der Waals surface area (Å²) in [6, 6.07) is 7.60. The van der Waals surface area contributed by atoms with Crippen LogP contribution in [0.3, 0.4) is 0 Å². The number of nitrogens with zero attached hydrogens (tertiary/aromatic N) is 3. The number of aryl methyl sites for hydroxylation is 1. The molecular formula is C20H22N4O3S. The minimum absolute atomic E-state index is 0.0305. The van der Waals surface area contributed by atoms with Crippen molar-refractivity contribution in [1.82, 2.24) is 14.5 Å². The number of carbonyl (C=O) groups is 1. The van der Waals surface area contributed by atoms with Crippen molar-refractivity contribution in [3.05, 3.63) is 57.0 Å². The van der Waals surface area contributed by atoms with E-state index in [1.807, 2.05) is 31.2 Å². The molecule has 4 rings (SSSR count). The largest absolute Gasteiger partial charge is 0.383 e. The third-order valence-corrected chi connectivity index (χ3v) is 6.08. The van der Waals surface area contributed by atoms with Gasteiger partial charge in [0.05, 0.1) is 31.4 Å².